The molecule has 0 radical (unpaired) electrons. The molecule has 1 aliphatic heterocycles. The van der Waals surface area contributed by atoms with E-state index < -0.39 is 5.60 Å². The first-order valence-corrected chi connectivity index (χ1v) is 7.58. The van der Waals surface area contributed by atoms with Crippen LogP contribution in [0.2, 0.25) is 0 Å². The van der Waals surface area contributed by atoms with Gasteiger partial charge in [-0.15, -0.1) is 0 Å². The van der Waals surface area contributed by atoms with Crippen LogP contribution in [0.25, 0.3) is 0 Å². The van der Waals surface area contributed by atoms with Crippen molar-refractivity contribution in [2.75, 3.05) is 19.6 Å². The van der Waals surface area contributed by atoms with Crippen molar-refractivity contribution in [3.8, 4) is 0 Å². The van der Waals surface area contributed by atoms with E-state index in [0.29, 0.717) is 12.0 Å². The van der Waals surface area contributed by atoms with Crippen LogP contribution in [-0.2, 0) is 0 Å². The van der Waals surface area contributed by atoms with Gasteiger partial charge in [-0.25, -0.2) is 0 Å². The lowest BCUT2D eigenvalue weighted by Gasteiger charge is -2.43. The summed E-state index contributed by atoms with van der Waals surface area (Å²) in [5.41, 5.74) is -0.173. The largest absolute Gasteiger partial charge is 0.389 e. The van der Waals surface area contributed by atoms with Gasteiger partial charge in [-0.3, -0.25) is 0 Å². The molecule has 3 N–H and O–H groups in total. The molecule has 0 aromatic rings. The molecule has 3 atom stereocenters. The molecule has 2 fully saturated rings. The van der Waals surface area contributed by atoms with E-state index in [2.05, 4.69) is 31.4 Å². The highest BCUT2D eigenvalue weighted by Crippen LogP contribution is 2.32. The van der Waals surface area contributed by atoms with Gasteiger partial charge in [-0.05, 0) is 37.1 Å². The number of piperidine rings is 1. The van der Waals surface area contributed by atoms with Crippen LogP contribution in [0.4, 0.5) is 0 Å². The van der Waals surface area contributed by atoms with Crippen molar-refractivity contribution in [2.24, 2.45) is 11.3 Å². The molecule has 0 aromatic heterocycles. The molecule has 3 nitrogen and oxygen atoms in total. The van der Waals surface area contributed by atoms with Gasteiger partial charge >= 0.3 is 0 Å². The van der Waals surface area contributed by atoms with E-state index in [-0.39, 0.29) is 5.41 Å². The molecule has 1 aliphatic carbocycles. The molecule has 2 rings (SSSR count). The topological polar surface area (TPSA) is 44.3 Å². The van der Waals surface area contributed by atoms with E-state index in [1.165, 1.54) is 19.3 Å². The average Bonchev–Trinajstić information content (AvgIpc) is 2.26. The molecule has 3 unspecified atom stereocenters. The van der Waals surface area contributed by atoms with Gasteiger partial charge < -0.3 is 15.7 Å². The van der Waals surface area contributed by atoms with E-state index in [4.69, 9.17) is 0 Å². The van der Waals surface area contributed by atoms with Crippen LogP contribution in [0.1, 0.15) is 52.9 Å². The molecular formula is C15H30N2O. The maximum Gasteiger partial charge on any atom is 0.0774 e. The first-order chi connectivity index (χ1) is 8.41. The highest BCUT2D eigenvalue weighted by atomic mass is 16.3. The Morgan fingerprint density at radius 2 is 2.11 bits per heavy atom. The quantitative estimate of drug-likeness (QED) is 0.721. The summed E-state index contributed by atoms with van der Waals surface area (Å²) in [5.74, 6) is 0.673. The molecule has 1 saturated carbocycles. The first-order valence-electron chi connectivity index (χ1n) is 7.58. The number of aliphatic hydroxyl groups is 1. The second kappa shape index (κ2) is 5.48. The lowest BCUT2D eigenvalue weighted by Crippen LogP contribution is -2.56. The van der Waals surface area contributed by atoms with Gasteiger partial charge in [0.2, 0.25) is 0 Å². The molecule has 106 valence electrons. The zero-order valence-electron chi connectivity index (χ0n) is 12.3. The summed E-state index contributed by atoms with van der Waals surface area (Å²) in [6.07, 6.45) is 5.55. The number of hydrogen-bond donors (Lipinski definition) is 3. The van der Waals surface area contributed by atoms with Crippen molar-refractivity contribution in [3.05, 3.63) is 0 Å². The Morgan fingerprint density at radius 3 is 2.78 bits per heavy atom. The van der Waals surface area contributed by atoms with Crippen molar-refractivity contribution in [2.45, 2.75) is 64.5 Å². The number of nitrogens with one attached hydrogen (secondary N) is 2. The lowest BCUT2D eigenvalue weighted by molar-refractivity contribution is -0.0182. The molecule has 18 heavy (non-hydrogen) atoms. The standard InChI is InChI=1S/C15H30N2O/c1-12-5-4-7-15(18,9-12)11-17-13-6-8-16-10-14(13,2)3/h12-13,16-18H,4-11H2,1-3H3. The van der Waals surface area contributed by atoms with Gasteiger partial charge in [0.05, 0.1) is 5.60 Å². The molecule has 0 aromatic carbocycles. The maximum atomic E-state index is 10.7. The van der Waals surface area contributed by atoms with Crippen molar-refractivity contribution in [3.63, 3.8) is 0 Å². The minimum absolute atomic E-state index is 0.287. The van der Waals surface area contributed by atoms with Crippen LogP contribution in [0.5, 0.6) is 0 Å². The SMILES string of the molecule is CC1CCCC(O)(CNC2CCNCC2(C)C)C1. The Bertz CT molecular complexity index is 280. The van der Waals surface area contributed by atoms with Gasteiger partial charge in [0.15, 0.2) is 0 Å². The van der Waals surface area contributed by atoms with Crippen LogP contribution < -0.4 is 10.6 Å². The van der Waals surface area contributed by atoms with Gasteiger partial charge in [0.25, 0.3) is 0 Å². The third-order valence-electron chi connectivity index (χ3n) is 4.88. The van der Waals surface area contributed by atoms with E-state index >= 15 is 0 Å². The summed E-state index contributed by atoms with van der Waals surface area (Å²) < 4.78 is 0. The Labute approximate surface area is 112 Å². The minimum atomic E-state index is -0.460. The van der Waals surface area contributed by atoms with Gasteiger partial charge in [-0.2, -0.15) is 0 Å². The van der Waals surface area contributed by atoms with Crippen LogP contribution in [0, 0.1) is 11.3 Å². The summed E-state index contributed by atoms with van der Waals surface area (Å²) in [7, 11) is 0. The molecule has 1 heterocycles. The highest BCUT2D eigenvalue weighted by molar-refractivity contribution is 4.94. The van der Waals surface area contributed by atoms with Crippen molar-refractivity contribution < 1.29 is 5.11 Å². The summed E-state index contributed by atoms with van der Waals surface area (Å²) >= 11 is 0. The fourth-order valence-corrected chi connectivity index (χ4v) is 3.66. The zero-order chi connectivity index (χ0) is 13.2. The Hall–Kier alpha value is -0.120. The van der Waals surface area contributed by atoms with E-state index in [9.17, 15) is 5.11 Å². The fraction of sp³-hybridized carbons (Fsp3) is 1.00. The van der Waals surface area contributed by atoms with E-state index in [1.54, 1.807) is 0 Å². The molecule has 0 amide bonds. The third-order valence-corrected chi connectivity index (χ3v) is 4.88. The van der Waals surface area contributed by atoms with Gasteiger partial charge in [-0.1, -0.05) is 33.6 Å². The predicted molar refractivity (Wildman–Crippen MR) is 75.6 cm³/mol. The van der Waals surface area contributed by atoms with Crippen LogP contribution in [-0.4, -0.2) is 36.4 Å². The van der Waals surface area contributed by atoms with Crippen molar-refractivity contribution >= 4 is 0 Å². The van der Waals surface area contributed by atoms with Gasteiger partial charge in [0, 0.05) is 19.1 Å². The lowest BCUT2D eigenvalue weighted by atomic mass is 9.77. The Balaban J connectivity index is 1.86. The van der Waals surface area contributed by atoms with E-state index in [0.717, 1.165) is 32.5 Å². The second-order valence-corrected chi connectivity index (χ2v) is 7.31. The zero-order valence-corrected chi connectivity index (χ0v) is 12.3. The van der Waals surface area contributed by atoms with Crippen LogP contribution >= 0.6 is 0 Å². The van der Waals surface area contributed by atoms with Crippen molar-refractivity contribution in [1.29, 1.82) is 0 Å². The summed E-state index contributed by atoms with van der Waals surface area (Å²) in [6.45, 7) is 9.81. The molecule has 2 aliphatic rings. The molecular weight excluding hydrogens is 224 g/mol. The van der Waals surface area contributed by atoms with Crippen molar-refractivity contribution in [1.82, 2.24) is 10.6 Å². The third kappa shape index (κ3) is 3.46. The molecule has 0 bridgehead atoms. The average molecular weight is 254 g/mol. The molecule has 1 saturated heterocycles. The highest BCUT2D eigenvalue weighted by Gasteiger charge is 2.36. The summed E-state index contributed by atoms with van der Waals surface area (Å²) in [4.78, 5) is 0. The van der Waals surface area contributed by atoms with E-state index in [1.807, 2.05) is 0 Å². The Morgan fingerprint density at radius 1 is 1.33 bits per heavy atom. The Kier molecular flexibility index (Phi) is 4.35. The summed E-state index contributed by atoms with van der Waals surface area (Å²) in [6, 6.07) is 0.528. The fourth-order valence-electron chi connectivity index (χ4n) is 3.66. The predicted octanol–water partition coefficient (Wildman–Crippen LogP) is 1.91. The molecule has 0 spiro atoms. The number of rotatable bonds is 3. The first kappa shape index (κ1) is 14.3. The molecule has 3 heteroatoms. The van der Waals surface area contributed by atoms with Gasteiger partial charge in [0.1, 0.15) is 0 Å². The smallest absolute Gasteiger partial charge is 0.0774 e. The van der Waals surface area contributed by atoms with Crippen LogP contribution in [0.3, 0.4) is 0 Å². The number of hydrogen-bond acceptors (Lipinski definition) is 3. The maximum absolute atomic E-state index is 10.7. The van der Waals surface area contributed by atoms with Crippen LogP contribution in [0.15, 0.2) is 0 Å². The second-order valence-electron chi connectivity index (χ2n) is 7.31. The normalized spacial score (nSPS) is 40.7. The summed E-state index contributed by atoms with van der Waals surface area (Å²) in [5, 5.41) is 17.8. The monoisotopic (exact) mass is 254 g/mol. The minimum Gasteiger partial charge on any atom is -0.389 e.